The maximum Gasteiger partial charge on any atom is 0.341 e. The van der Waals surface area contributed by atoms with Gasteiger partial charge in [0.1, 0.15) is 11.4 Å². The van der Waals surface area contributed by atoms with Crippen molar-refractivity contribution < 1.29 is 14.3 Å². The first-order valence-electron chi connectivity index (χ1n) is 6.78. The van der Waals surface area contributed by atoms with Crippen molar-refractivity contribution in [1.29, 1.82) is 0 Å². The molecular weight excluding hydrogens is 321 g/mol. The molecule has 116 valence electrons. The van der Waals surface area contributed by atoms with Crippen molar-refractivity contribution in [1.82, 2.24) is 4.98 Å². The number of aromatic amines is 1. The lowest BCUT2D eigenvalue weighted by Gasteiger charge is -2.10. The lowest BCUT2D eigenvalue weighted by atomic mass is 10.0. The van der Waals surface area contributed by atoms with Crippen molar-refractivity contribution in [3.05, 3.63) is 80.3 Å². The average molecular weight is 332 g/mol. The molecule has 0 spiro atoms. The van der Waals surface area contributed by atoms with Gasteiger partial charge in [-0.2, -0.15) is 0 Å². The zero-order valence-corrected chi connectivity index (χ0v) is 12.5. The Balaban J connectivity index is 2.28. The van der Waals surface area contributed by atoms with E-state index >= 15 is 0 Å². The highest BCUT2D eigenvalue weighted by Crippen LogP contribution is 2.28. The number of hydrogen-bond acceptors (Lipinski definition) is 2. The van der Waals surface area contributed by atoms with Gasteiger partial charge in [0.2, 0.25) is 5.43 Å². The van der Waals surface area contributed by atoms with Crippen LogP contribution in [-0.4, -0.2) is 16.1 Å². The molecule has 3 rings (SSSR count). The van der Waals surface area contributed by atoms with Crippen molar-refractivity contribution in [3.8, 4) is 0 Å². The van der Waals surface area contributed by atoms with Gasteiger partial charge in [-0.1, -0.05) is 41.9 Å². The Morgan fingerprint density at radius 2 is 1.96 bits per heavy atom. The fraction of sp³-hybridized carbons (Fsp3) is 0.0588. The van der Waals surface area contributed by atoms with Crippen molar-refractivity contribution in [2.75, 3.05) is 0 Å². The summed E-state index contributed by atoms with van der Waals surface area (Å²) in [7, 11) is 0. The van der Waals surface area contributed by atoms with Crippen LogP contribution in [0.4, 0.5) is 4.39 Å². The largest absolute Gasteiger partial charge is 0.477 e. The van der Waals surface area contributed by atoms with Gasteiger partial charge in [-0.15, -0.1) is 0 Å². The molecule has 0 aliphatic heterocycles. The maximum atomic E-state index is 14.1. The molecule has 2 N–H and O–H groups in total. The molecule has 0 unspecified atom stereocenters. The fourth-order valence-corrected chi connectivity index (χ4v) is 2.72. The van der Waals surface area contributed by atoms with Crippen LogP contribution in [0.25, 0.3) is 10.9 Å². The topological polar surface area (TPSA) is 70.2 Å². The Labute approximate surface area is 135 Å². The monoisotopic (exact) mass is 331 g/mol. The molecule has 1 aromatic heterocycles. The SMILES string of the molecule is O=C(O)c1c[nH]c2c(Cc3ccccc3)c(Cl)c(F)cc2c1=O. The second-order valence-corrected chi connectivity index (χ2v) is 5.45. The number of halogens is 2. The predicted octanol–water partition coefficient (Wildman–Crippen LogP) is 3.61. The molecule has 0 aliphatic carbocycles. The molecule has 0 amide bonds. The summed E-state index contributed by atoms with van der Waals surface area (Å²) in [6, 6.07) is 10.2. The second kappa shape index (κ2) is 5.85. The first-order valence-corrected chi connectivity index (χ1v) is 7.16. The van der Waals surface area contributed by atoms with Crippen molar-refractivity contribution >= 4 is 28.5 Å². The van der Waals surface area contributed by atoms with Crippen LogP contribution in [0.2, 0.25) is 5.02 Å². The number of carbonyl (C=O) groups is 1. The number of aromatic nitrogens is 1. The van der Waals surface area contributed by atoms with Gasteiger partial charge in [-0.25, -0.2) is 9.18 Å². The minimum atomic E-state index is -1.37. The molecule has 0 aliphatic rings. The van der Waals surface area contributed by atoms with Crippen LogP contribution in [0.1, 0.15) is 21.5 Å². The van der Waals surface area contributed by atoms with E-state index in [1.54, 1.807) is 0 Å². The van der Waals surface area contributed by atoms with Crippen LogP contribution < -0.4 is 5.43 Å². The zero-order valence-electron chi connectivity index (χ0n) is 11.8. The van der Waals surface area contributed by atoms with E-state index in [4.69, 9.17) is 16.7 Å². The van der Waals surface area contributed by atoms with Gasteiger partial charge in [-0.05, 0) is 11.6 Å². The number of carboxylic acid groups (broad SMARTS) is 1. The van der Waals surface area contributed by atoms with Crippen molar-refractivity contribution in [3.63, 3.8) is 0 Å². The van der Waals surface area contributed by atoms with E-state index in [2.05, 4.69) is 4.98 Å². The molecule has 0 saturated carbocycles. The Hall–Kier alpha value is -2.66. The highest BCUT2D eigenvalue weighted by molar-refractivity contribution is 6.32. The van der Waals surface area contributed by atoms with Crippen LogP contribution in [0.5, 0.6) is 0 Å². The molecule has 2 aromatic carbocycles. The minimum absolute atomic E-state index is 0.0299. The Kier molecular flexibility index (Phi) is 3.88. The van der Waals surface area contributed by atoms with Crippen LogP contribution >= 0.6 is 11.6 Å². The number of aromatic carboxylic acids is 1. The highest BCUT2D eigenvalue weighted by atomic mass is 35.5. The Morgan fingerprint density at radius 1 is 1.26 bits per heavy atom. The summed E-state index contributed by atoms with van der Waals surface area (Å²) in [5.41, 5.74) is 0.475. The minimum Gasteiger partial charge on any atom is -0.477 e. The molecule has 0 saturated heterocycles. The van der Waals surface area contributed by atoms with E-state index in [9.17, 15) is 14.0 Å². The third-order valence-corrected chi connectivity index (χ3v) is 4.03. The Morgan fingerprint density at radius 3 is 2.61 bits per heavy atom. The number of nitrogens with one attached hydrogen (secondary N) is 1. The Bertz CT molecular complexity index is 967. The maximum absolute atomic E-state index is 14.1. The quantitative estimate of drug-likeness (QED) is 0.770. The van der Waals surface area contributed by atoms with E-state index < -0.39 is 22.8 Å². The second-order valence-electron chi connectivity index (χ2n) is 5.07. The van der Waals surface area contributed by atoms with E-state index in [0.717, 1.165) is 17.8 Å². The van der Waals surface area contributed by atoms with Gasteiger partial charge in [-0.3, -0.25) is 4.79 Å². The summed E-state index contributed by atoms with van der Waals surface area (Å²) in [5, 5.41) is 8.90. The number of benzene rings is 2. The number of rotatable bonds is 3. The third-order valence-electron chi connectivity index (χ3n) is 3.62. The van der Waals surface area contributed by atoms with Crippen LogP contribution in [0.15, 0.2) is 47.4 Å². The highest BCUT2D eigenvalue weighted by Gasteiger charge is 2.18. The van der Waals surface area contributed by atoms with Crippen molar-refractivity contribution in [2.24, 2.45) is 0 Å². The summed E-state index contributed by atoms with van der Waals surface area (Å²) in [5.74, 6) is -2.12. The van der Waals surface area contributed by atoms with E-state index in [-0.39, 0.29) is 10.4 Å². The fourth-order valence-electron chi connectivity index (χ4n) is 2.50. The summed E-state index contributed by atoms with van der Waals surface area (Å²) >= 11 is 6.06. The van der Waals surface area contributed by atoms with E-state index in [0.29, 0.717) is 17.5 Å². The van der Waals surface area contributed by atoms with Gasteiger partial charge in [0, 0.05) is 23.6 Å². The molecule has 0 fully saturated rings. The average Bonchev–Trinajstić information content (AvgIpc) is 2.53. The molecule has 1 heterocycles. The van der Waals surface area contributed by atoms with Gasteiger partial charge in [0.25, 0.3) is 0 Å². The molecule has 6 heteroatoms. The molecular formula is C17H11ClFNO3. The molecule has 23 heavy (non-hydrogen) atoms. The number of fused-ring (bicyclic) bond motifs is 1. The van der Waals surface area contributed by atoms with E-state index in [1.807, 2.05) is 30.3 Å². The predicted molar refractivity (Wildman–Crippen MR) is 85.7 cm³/mol. The molecule has 3 aromatic rings. The lowest BCUT2D eigenvalue weighted by molar-refractivity contribution is 0.0695. The summed E-state index contributed by atoms with van der Waals surface area (Å²) in [6.07, 6.45) is 1.42. The summed E-state index contributed by atoms with van der Waals surface area (Å²) in [4.78, 5) is 26.0. The van der Waals surface area contributed by atoms with Crippen molar-refractivity contribution in [2.45, 2.75) is 6.42 Å². The smallest absolute Gasteiger partial charge is 0.341 e. The number of carboxylic acids is 1. The molecule has 0 atom stereocenters. The first kappa shape index (κ1) is 15.2. The number of hydrogen-bond donors (Lipinski definition) is 2. The third kappa shape index (κ3) is 2.71. The molecule has 4 nitrogen and oxygen atoms in total. The first-order chi connectivity index (χ1) is 11.0. The summed E-state index contributed by atoms with van der Waals surface area (Å²) < 4.78 is 14.1. The van der Waals surface area contributed by atoms with Gasteiger partial charge < -0.3 is 10.1 Å². The van der Waals surface area contributed by atoms with E-state index in [1.165, 1.54) is 0 Å². The standard InChI is InChI=1S/C17H11ClFNO3/c18-14-10(6-9-4-2-1-3-5-9)15-11(7-13(14)19)16(21)12(8-20-15)17(22)23/h1-5,7-8H,6H2,(H,20,21)(H,22,23). The molecule has 0 bridgehead atoms. The van der Waals surface area contributed by atoms with Gasteiger partial charge in [0.05, 0.1) is 10.5 Å². The van der Waals surface area contributed by atoms with Gasteiger partial charge in [0.15, 0.2) is 0 Å². The summed E-state index contributed by atoms with van der Waals surface area (Å²) in [6.45, 7) is 0. The van der Waals surface area contributed by atoms with Crippen LogP contribution in [0.3, 0.4) is 0 Å². The zero-order chi connectivity index (χ0) is 16.6. The molecule has 0 radical (unpaired) electrons. The number of pyridine rings is 1. The number of H-pyrrole nitrogens is 1. The van der Waals surface area contributed by atoms with Crippen LogP contribution in [0, 0.1) is 5.82 Å². The lowest BCUT2D eigenvalue weighted by Crippen LogP contribution is -2.16. The van der Waals surface area contributed by atoms with Gasteiger partial charge >= 0.3 is 5.97 Å². The van der Waals surface area contributed by atoms with Crippen LogP contribution in [-0.2, 0) is 6.42 Å². The normalized spacial score (nSPS) is 10.9.